The highest BCUT2D eigenvalue weighted by Crippen LogP contribution is 2.58. The molecule has 4 rings (SSSR count). The van der Waals surface area contributed by atoms with Crippen molar-refractivity contribution < 1.29 is 9.47 Å². The summed E-state index contributed by atoms with van der Waals surface area (Å²) in [4.78, 5) is 0. The number of aromatic nitrogens is 2. The summed E-state index contributed by atoms with van der Waals surface area (Å²) >= 11 is 1.70. The molecule has 90 valence electrons. The van der Waals surface area contributed by atoms with Crippen molar-refractivity contribution in [2.75, 3.05) is 7.11 Å². The predicted octanol–water partition coefficient (Wildman–Crippen LogP) is 3.42. The molecule has 0 radical (unpaired) electrons. The van der Waals surface area contributed by atoms with Crippen LogP contribution in [0, 0.1) is 0 Å². The van der Waals surface area contributed by atoms with Crippen LogP contribution in [0.2, 0.25) is 0 Å². The van der Waals surface area contributed by atoms with Crippen molar-refractivity contribution in [1.29, 1.82) is 0 Å². The Labute approximate surface area is 107 Å². The molecule has 1 aliphatic rings. The molecule has 2 aromatic heterocycles. The van der Waals surface area contributed by atoms with E-state index in [9.17, 15) is 0 Å². The first-order valence-electron chi connectivity index (χ1n) is 5.59. The van der Waals surface area contributed by atoms with Crippen molar-refractivity contribution in [3.8, 4) is 28.5 Å². The maximum atomic E-state index is 5.51. The lowest BCUT2D eigenvalue weighted by atomic mass is 10.1. The lowest BCUT2D eigenvalue weighted by Gasteiger charge is -1.96. The van der Waals surface area contributed by atoms with Gasteiger partial charge in [0.05, 0.1) is 22.9 Å². The fourth-order valence-corrected chi connectivity index (χ4v) is 3.15. The first kappa shape index (κ1) is 9.96. The van der Waals surface area contributed by atoms with Crippen LogP contribution < -0.4 is 9.47 Å². The molecular formula is C13H10N2O2S. The zero-order valence-corrected chi connectivity index (χ0v) is 10.7. The van der Waals surface area contributed by atoms with E-state index in [0.717, 1.165) is 34.0 Å². The fraction of sp³-hybridized carbons (Fsp3) is 0.154. The molecule has 0 saturated heterocycles. The minimum Gasteiger partial charge on any atom is -0.493 e. The molecule has 0 N–H and O–H groups in total. The first-order valence-corrected chi connectivity index (χ1v) is 6.47. The number of nitrogens with zero attached hydrogens (tertiary/aromatic N) is 2. The molecule has 3 aromatic rings. The van der Waals surface area contributed by atoms with E-state index < -0.39 is 0 Å². The molecule has 0 bridgehead atoms. The van der Waals surface area contributed by atoms with Crippen LogP contribution in [0.5, 0.6) is 17.2 Å². The van der Waals surface area contributed by atoms with Crippen LogP contribution in [0.4, 0.5) is 0 Å². The first-order chi connectivity index (χ1) is 8.79. The van der Waals surface area contributed by atoms with E-state index in [4.69, 9.17) is 9.47 Å². The second-order valence-electron chi connectivity index (χ2n) is 4.18. The van der Waals surface area contributed by atoms with Gasteiger partial charge in [0.15, 0.2) is 11.5 Å². The smallest absolute Gasteiger partial charge is 0.212 e. The average Bonchev–Trinajstić information content (AvgIpc) is 2.92. The van der Waals surface area contributed by atoms with Crippen LogP contribution in [-0.4, -0.2) is 16.9 Å². The molecule has 3 heterocycles. The number of benzene rings is 1. The van der Waals surface area contributed by atoms with Crippen molar-refractivity contribution in [3.63, 3.8) is 0 Å². The van der Waals surface area contributed by atoms with E-state index in [1.165, 1.54) is 4.70 Å². The quantitative estimate of drug-likeness (QED) is 0.517. The molecule has 5 heteroatoms. The topological polar surface area (TPSA) is 39.6 Å². The molecular weight excluding hydrogens is 248 g/mol. The molecule has 18 heavy (non-hydrogen) atoms. The molecule has 0 fully saturated rings. The normalized spacial score (nSPS) is 12.3. The summed E-state index contributed by atoms with van der Waals surface area (Å²) in [5.41, 5.74) is 3.18. The highest BCUT2D eigenvalue weighted by molar-refractivity contribution is 7.17. The number of ether oxygens (including phenoxy) is 2. The van der Waals surface area contributed by atoms with Crippen LogP contribution in [0.1, 0.15) is 0 Å². The van der Waals surface area contributed by atoms with Crippen LogP contribution in [0.25, 0.3) is 21.5 Å². The van der Waals surface area contributed by atoms with Crippen LogP contribution >= 0.6 is 11.3 Å². The highest BCUT2D eigenvalue weighted by Gasteiger charge is 2.32. The predicted molar refractivity (Wildman–Crippen MR) is 70.7 cm³/mol. The largest absolute Gasteiger partial charge is 0.493 e. The molecule has 0 spiro atoms. The van der Waals surface area contributed by atoms with Crippen LogP contribution in [0.3, 0.4) is 0 Å². The maximum Gasteiger partial charge on any atom is 0.212 e. The van der Waals surface area contributed by atoms with E-state index >= 15 is 0 Å². The van der Waals surface area contributed by atoms with Gasteiger partial charge in [-0.05, 0) is 23.6 Å². The highest BCUT2D eigenvalue weighted by atomic mass is 32.1. The van der Waals surface area contributed by atoms with E-state index in [-0.39, 0.29) is 0 Å². The third kappa shape index (κ3) is 1.17. The van der Waals surface area contributed by atoms with Gasteiger partial charge in [-0.15, -0.1) is 11.3 Å². The summed E-state index contributed by atoms with van der Waals surface area (Å²) in [5.74, 6) is 2.51. The monoisotopic (exact) mass is 258 g/mol. The third-order valence-electron chi connectivity index (χ3n) is 3.17. The fourth-order valence-electron chi connectivity index (χ4n) is 2.23. The molecule has 0 saturated carbocycles. The summed E-state index contributed by atoms with van der Waals surface area (Å²) in [6.45, 7) is 0. The molecule has 0 unspecified atom stereocenters. The van der Waals surface area contributed by atoms with Crippen LogP contribution in [0.15, 0.2) is 23.6 Å². The number of aryl methyl sites for hydroxylation is 1. The molecule has 0 atom stereocenters. The Bertz CT molecular complexity index is 773. The minimum absolute atomic E-state index is 0.784. The van der Waals surface area contributed by atoms with E-state index in [1.54, 1.807) is 18.4 Å². The Kier molecular flexibility index (Phi) is 1.81. The number of hydrogen-bond acceptors (Lipinski definition) is 4. The summed E-state index contributed by atoms with van der Waals surface area (Å²) < 4.78 is 13.8. The average molecular weight is 258 g/mol. The van der Waals surface area contributed by atoms with Gasteiger partial charge in [-0.2, -0.15) is 5.10 Å². The van der Waals surface area contributed by atoms with Gasteiger partial charge in [-0.1, -0.05) is 0 Å². The van der Waals surface area contributed by atoms with Gasteiger partial charge in [0.25, 0.3) is 0 Å². The third-order valence-corrected chi connectivity index (χ3v) is 4.08. The molecule has 0 amide bonds. The van der Waals surface area contributed by atoms with E-state index in [1.807, 2.05) is 23.9 Å². The molecule has 4 nitrogen and oxygen atoms in total. The van der Waals surface area contributed by atoms with Gasteiger partial charge in [0.1, 0.15) is 5.69 Å². The zero-order chi connectivity index (χ0) is 12.3. The van der Waals surface area contributed by atoms with E-state index in [2.05, 4.69) is 16.5 Å². The lowest BCUT2D eigenvalue weighted by Crippen LogP contribution is -1.89. The number of rotatable bonds is 2. The standard InChI is InChI=1S/C13H10N2O2S/c1-15-8-5-6-18-13(8)10(14-15)7-3-4-9(16-2)12-11(7)17-12/h3-6H,1-2H3. The Hall–Kier alpha value is -2.01. The van der Waals surface area contributed by atoms with Gasteiger partial charge >= 0.3 is 0 Å². The van der Waals surface area contributed by atoms with Crippen molar-refractivity contribution in [2.45, 2.75) is 0 Å². The Balaban J connectivity index is 1.97. The minimum atomic E-state index is 0.784. The van der Waals surface area contributed by atoms with Crippen LogP contribution in [-0.2, 0) is 7.05 Å². The van der Waals surface area contributed by atoms with Crippen molar-refractivity contribution >= 4 is 21.6 Å². The lowest BCUT2D eigenvalue weighted by molar-refractivity contribution is 0.408. The summed E-state index contributed by atoms with van der Waals surface area (Å²) in [7, 11) is 3.61. The summed E-state index contributed by atoms with van der Waals surface area (Å²) in [6.07, 6.45) is 0. The second-order valence-corrected chi connectivity index (χ2v) is 5.10. The summed E-state index contributed by atoms with van der Waals surface area (Å²) in [6, 6.07) is 6.01. The summed E-state index contributed by atoms with van der Waals surface area (Å²) in [5, 5.41) is 6.66. The Morgan fingerprint density at radius 3 is 3.00 bits per heavy atom. The Morgan fingerprint density at radius 2 is 2.17 bits per heavy atom. The number of thiophene rings is 1. The maximum absolute atomic E-state index is 5.51. The second kappa shape index (κ2) is 3.26. The van der Waals surface area contributed by atoms with Crippen molar-refractivity contribution in [3.05, 3.63) is 23.6 Å². The van der Waals surface area contributed by atoms with E-state index in [0.29, 0.717) is 0 Å². The van der Waals surface area contributed by atoms with Gasteiger partial charge in [-0.25, -0.2) is 0 Å². The Morgan fingerprint density at radius 1 is 1.28 bits per heavy atom. The molecule has 1 aliphatic heterocycles. The van der Waals surface area contributed by atoms with Gasteiger partial charge in [0, 0.05) is 7.05 Å². The zero-order valence-electron chi connectivity index (χ0n) is 9.93. The van der Waals surface area contributed by atoms with Gasteiger partial charge in [-0.3, -0.25) is 4.68 Å². The number of fused-ring (bicyclic) bond motifs is 2. The molecule has 0 aliphatic carbocycles. The van der Waals surface area contributed by atoms with Crippen molar-refractivity contribution in [1.82, 2.24) is 9.78 Å². The number of methoxy groups -OCH3 is 1. The van der Waals surface area contributed by atoms with Gasteiger partial charge in [0.2, 0.25) is 5.75 Å². The molecule has 1 aromatic carbocycles. The van der Waals surface area contributed by atoms with Crippen molar-refractivity contribution in [2.24, 2.45) is 7.05 Å². The SMILES string of the molecule is COc1ccc(-c2nn(C)c3ccsc23)c2c1O2. The van der Waals surface area contributed by atoms with Gasteiger partial charge < -0.3 is 9.47 Å². The number of hydrogen-bond donors (Lipinski definition) is 0.